The summed E-state index contributed by atoms with van der Waals surface area (Å²) in [5.74, 6) is -0.430. The highest BCUT2D eigenvalue weighted by molar-refractivity contribution is 5.85. The molecule has 0 saturated heterocycles. The van der Waals surface area contributed by atoms with Crippen LogP contribution in [0.1, 0.15) is 53.0 Å². The normalized spacial score (nSPS) is 12.5. The zero-order chi connectivity index (χ0) is 20.9. The van der Waals surface area contributed by atoms with Gasteiger partial charge in [0.05, 0.1) is 0 Å². The van der Waals surface area contributed by atoms with Crippen molar-refractivity contribution >= 4 is 23.0 Å². The van der Waals surface area contributed by atoms with Gasteiger partial charge < -0.3 is 19.2 Å². The Morgan fingerprint density at radius 3 is 2.57 bits per heavy atom. The Morgan fingerprint density at radius 2 is 1.93 bits per heavy atom. The van der Waals surface area contributed by atoms with E-state index in [1.54, 1.807) is 32.9 Å². The van der Waals surface area contributed by atoms with Gasteiger partial charge >= 0.3 is 17.7 Å². The summed E-state index contributed by atoms with van der Waals surface area (Å²) >= 11 is 0. The summed E-state index contributed by atoms with van der Waals surface area (Å²) < 4.78 is 15.7. The number of carbonyl (C=O) groups is 2. The summed E-state index contributed by atoms with van der Waals surface area (Å²) in [7, 11) is 0. The average molecular weight is 389 g/mol. The predicted molar refractivity (Wildman–Crippen MR) is 106 cm³/mol. The second kappa shape index (κ2) is 8.91. The molecule has 0 bridgehead atoms. The highest BCUT2D eigenvalue weighted by Gasteiger charge is 2.22. The van der Waals surface area contributed by atoms with Gasteiger partial charge in [0.1, 0.15) is 23.0 Å². The molecular weight excluding hydrogens is 362 g/mol. The molecule has 1 aromatic heterocycles. The van der Waals surface area contributed by atoms with Crippen LogP contribution < -0.4 is 15.7 Å². The summed E-state index contributed by atoms with van der Waals surface area (Å²) in [5.41, 5.74) is 0.156. The fourth-order valence-electron chi connectivity index (χ4n) is 2.60. The lowest BCUT2D eigenvalue weighted by Crippen LogP contribution is -2.43. The van der Waals surface area contributed by atoms with Crippen LogP contribution in [-0.2, 0) is 16.0 Å². The van der Waals surface area contributed by atoms with Gasteiger partial charge in [-0.1, -0.05) is 13.3 Å². The fourth-order valence-corrected chi connectivity index (χ4v) is 2.60. The molecule has 1 N–H and O–H groups in total. The third-order valence-corrected chi connectivity index (χ3v) is 3.91. The zero-order valence-electron chi connectivity index (χ0n) is 17.0. The molecule has 1 atom stereocenters. The molecule has 0 aliphatic rings. The molecule has 0 aliphatic heterocycles. The monoisotopic (exact) mass is 389 g/mol. The van der Waals surface area contributed by atoms with Crippen molar-refractivity contribution in [1.29, 1.82) is 0 Å². The van der Waals surface area contributed by atoms with Crippen molar-refractivity contribution in [2.24, 2.45) is 0 Å². The van der Waals surface area contributed by atoms with E-state index >= 15 is 0 Å². The molecule has 1 heterocycles. The number of carbonyl (C=O) groups excluding carboxylic acids is 2. The molecule has 1 aromatic carbocycles. The molecule has 0 saturated carbocycles. The third kappa shape index (κ3) is 6.11. The number of nitrogens with one attached hydrogen (secondary N) is 1. The number of aryl methyl sites for hydroxylation is 1. The van der Waals surface area contributed by atoms with E-state index in [0.717, 1.165) is 30.2 Å². The van der Waals surface area contributed by atoms with Crippen molar-refractivity contribution in [1.82, 2.24) is 5.32 Å². The average Bonchev–Trinajstić information content (AvgIpc) is 2.57. The first-order chi connectivity index (χ1) is 13.1. The largest absolute Gasteiger partial charge is 0.444 e. The Morgan fingerprint density at radius 1 is 1.21 bits per heavy atom. The number of ether oxygens (including phenoxy) is 2. The van der Waals surface area contributed by atoms with Crippen LogP contribution in [0.4, 0.5) is 4.79 Å². The van der Waals surface area contributed by atoms with Crippen LogP contribution in [0, 0.1) is 0 Å². The number of hydrogen-bond acceptors (Lipinski definition) is 6. The predicted octanol–water partition coefficient (Wildman–Crippen LogP) is 3.95. The van der Waals surface area contributed by atoms with E-state index in [2.05, 4.69) is 12.2 Å². The molecule has 1 amide bonds. The maximum atomic E-state index is 12.2. The second-order valence-electron chi connectivity index (χ2n) is 7.64. The quantitative estimate of drug-likeness (QED) is 0.457. The van der Waals surface area contributed by atoms with Gasteiger partial charge in [0.25, 0.3) is 0 Å². The first kappa shape index (κ1) is 21.5. The summed E-state index contributed by atoms with van der Waals surface area (Å²) in [6.45, 7) is 8.77. The minimum atomic E-state index is -0.909. The summed E-state index contributed by atoms with van der Waals surface area (Å²) in [5, 5.41) is 3.24. The van der Waals surface area contributed by atoms with Gasteiger partial charge in [-0.2, -0.15) is 0 Å². The minimum Gasteiger partial charge on any atom is -0.444 e. The number of alkyl carbamates (subject to hydrolysis) is 1. The van der Waals surface area contributed by atoms with Crippen LogP contribution in [0.15, 0.2) is 33.5 Å². The Balaban J connectivity index is 2.12. The number of fused-ring (bicyclic) bond motifs is 1. The smallest absolute Gasteiger partial charge is 0.408 e. The van der Waals surface area contributed by atoms with Gasteiger partial charge in [0.15, 0.2) is 0 Å². The number of amides is 1. The van der Waals surface area contributed by atoms with Gasteiger partial charge in [0.2, 0.25) is 0 Å². The van der Waals surface area contributed by atoms with E-state index in [-0.39, 0.29) is 5.75 Å². The van der Waals surface area contributed by atoms with Crippen LogP contribution >= 0.6 is 0 Å². The molecule has 2 aromatic rings. The first-order valence-corrected chi connectivity index (χ1v) is 9.37. The van der Waals surface area contributed by atoms with Crippen molar-refractivity contribution in [2.75, 3.05) is 0 Å². The zero-order valence-corrected chi connectivity index (χ0v) is 17.0. The number of hydrogen-bond donors (Lipinski definition) is 1. The molecule has 0 radical (unpaired) electrons. The Kier molecular flexibility index (Phi) is 6.83. The van der Waals surface area contributed by atoms with E-state index in [4.69, 9.17) is 13.9 Å². The maximum absolute atomic E-state index is 12.2. The van der Waals surface area contributed by atoms with E-state index < -0.39 is 29.3 Å². The molecule has 7 heteroatoms. The lowest BCUT2D eigenvalue weighted by molar-refractivity contribution is -0.136. The maximum Gasteiger partial charge on any atom is 0.408 e. The van der Waals surface area contributed by atoms with Crippen LogP contribution in [0.5, 0.6) is 5.75 Å². The van der Waals surface area contributed by atoms with Crippen molar-refractivity contribution in [3.8, 4) is 5.75 Å². The third-order valence-electron chi connectivity index (χ3n) is 3.91. The van der Waals surface area contributed by atoms with Crippen LogP contribution in [0.25, 0.3) is 11.0 Å². The van der Waals surface area contributed by atoms with Crippen LogP contribution in [-0.4, -0.2) is 23.7 Å². The number of rotatable bonds is 6. The summed E-state index contributed by atoms with van der Waals surface area (Å²) in [4.78, 5) is 35.8. The Bertz CT molecular complexity index is 909. The van der Waals surface area contributed by atoms with Gasteiger partial charge in [-0.25, -0.2) is 14.4 Å². The molecule has 0 spiro atoms. The van der Waals surface area contributed by atoms with Gasteiger partial charge in [-0.05, 0) is 58.2 Å². The van der Waals surface area contributed by atoms with Gasteiger partial charge in [0, 0.05) is 17.5 Å². The molecule has 0 aliphatic carbocycles. The molecule has 2 rings (SSSR count). The number of esters is 1. The first-order valence-electron chi connectivity index (χ1n) is 9.37. The van der Waals surface area contributed by atoms with Crippen LogP contribution in [0.2, 0.25) is 0 Å². The topological polar surface area (TPSA) is 94.8 Å². The lowest BCUT2D eigenvalue weighted by Gasteiger charge is -2.21. The number of unbranched alkanes of at least 4 members (excludes halogenated alkanes) is 1. The van der Waals surface area contributed by atoms with E-state index in [9.17, 15) is 14.4 Å². The van der Waals surface area contributed by atoms with Crippen molar-refractivity contribution in [3.63, 3.8) is 0 Å². The van der Waals surface area contributed by atoms with Gasteiger partial charge in [-0.3, -0.25) is 0 Å². The number of benzene rings is 1. The van der Waals surface area contributed by atoms with E-state index in [0.29, 0.717) is 5.58 Å². The molecule has 1 unspecified atom stereocenters. The molecule has 28 heavy (non-hydrogen) atoms. The standard InChI is InChI=1S/C21H27NO6/c1-6-7-8-14-11-18(23)27-17-12-15(9-10-16(14)17)26-19(24)13(2)22-20(25)28-21(3,4)5/h9-13H,6-8H2,1-5H3,(H,22,25). The van der Waals surface area contributed by atoms with E-state index in [1.165, 1.54) is 19.1 Å². The molecular formula is C21H27NO6. The second-order valence-corrected chi connectivity index (χ2v) is 7.64. The van der Waals surface area contributed by atoms with Crippen molar-refractivity contribution in [2.45, 2.75) is 65.5 Å². The van der Waals surface area contributed by atoms with Crippen molar-refractivity contribution < 1.29 is 23.5 Å². The highest BCUT2D eigenvalue weighted by Crippen LogP contribution is 2.24. The molecule has 7 nitrogen and oxygen atoms in total. The Labute approximate surface area is 164 Å². The SMILES string of the molecule is CCCCc1cc(=O)oc2cc(OC(=O)C(C)NC(=O)OC(C)(C)C)ccc12. The highest BCUT2D eigenvalue weighted by atomic mass is 16.6. The minimum absolute atomic E-state index is 0.228. The summed E-state index contributed by atoms with van der Waals surface area (Å²) in [6.07, 6.45) is 2.04. The molecule has 0 fully saturated rings. The summed E-state index contributed by atoms with van der Waals surface area (Å²) in [6, 6.07) is 5.49. The lowest BCUT2D eigenvalue weighted by atomic mass is 10.0. The van der Waals surface area contributed by atoms with Crippen molar-refractivity contribution in [3.05, 3.63) is 40.2 Å². The Hall–Kier alpha value is -2.83. The van der Waals surface area contributed by atoms with E-state index in [1.807, 2.05) is 0 Å². The fraction of sp³-hybridized carbons (Fsp3) is 0.476. The molecule has 152 valence electrons. The van der Waals surface area contributed by atoms with Gasteiger partial charge in [-0.15, -0.1) is 0 Å². The van der Waals surface area contributed by atoms with Crippen LogP contribution in [0.3, 0.4) is 0 Å².